The van der Waals surface area contributed by atoms with Gasteiger partial charge in [-0.1, -0.05) is 12.1 Å². The second-order valence-corrected chi connectivity index (χ2v) is 7.44. The standard InChI is InChI=1S/C17H19N3O3S/c1-11(13-4-7-15(8-5-13)24(21,22)18-3)19-14-6-9-16-17(10-14)23-12(2)20-16/h4-11,18-19H,1-3H3. The number of aryl methyl sites for hydroxylation is 1. The Morgan fingerprint density at radius 2 is 1.83 bits per heavy atom. The molecule has 6 nitrogen and oxygen atoms in total. The third-order valence-corrected chi connectivity index (χ3v) is 5.27. The molecule has 126 valence electrons. The lowest BCUT2D eigenvalue weighted by molar-refractivity contribution is 0.561. The van der Waals surface area contributed by atoms with Crippen LogP contribution >= 0.6 is 0 Å². The van der Waals surface area contributed by atoms with E-state index in [1.54, 1.807) is 24.3 Å². The Balaban J connectivity index is 1.79. The molecule has 2 aromatic carbocycles. The summed E-state index contributed by atoms with van der Waals surface area (Å²) in [5, 5.41) is 3.38. The number of benzene rings is 2. The molecule has 0 aliphatic rings. The van der Waals surface area contributed by atoms with Crippen LogP contribution in [0.3, 0.4) is 0 Å². The molecule has 0 aliphatic heterocycles. The summed E-state index contributed by atoms with van der Waals surface area (Å²) in [5.41, 5.74) is 3.46. The maximum atomic E-state index is 11.8. The summed E-state index contributed by atoms with van der Waals surface area (Å²) >= 11 is 0. The Morgan fingerprint density at radius 1 is 1.12 bits per heavy atom. The Kier molecular flexibility index (Phi) is 4.29. The second-order valence-electron chi connectivity index (χ2n) is 5.56. The van der Waals surface area contributed by atoms with Gasteiger partial charge >= 0.3 is 0 Å². The third-order valence-electron chi connectivity index (χ3n) is 3.84. The number of anilines is 1. The number of hydrogen-bond donors (Lipinski definition) is 2. The Morgan fingerprint density at radius 3 is 2.50 bits per heavy atom. The van der Waals surface area contributed by atoms with Crippen LogP contribution in [0.5, 0.6) is 0 Å². The van der Waals surface area contributed by atoms with Crippen molar-refractivity contribution in [3.8, 4) is 0 Å². The highest BCUT2D eigenvalue weighted by atomic mass is 32.2. The molecule has 24 heavy (non-hydrogen) atoms. The summed E-state index contributed by atoms with van der Waals surface area (Å²) in [6.07, 6.45) is 0. The molecule has 0 radical (unpaired) electrons. The van der Waals surface area contributed by atoms with Crippen LogP contribution in [0.4, 0.5) is 5.69 Å². The molecule has 1 atom stereocenters. The maximum absolute atomic E-state index is 11.8. The lowest BCUT2D eigenvalue weighted by Crippen LogP contribution is -2.18. The number of hydrogen-bond acceptors (Lipinski definition) is 5. The van der Waals surface area contributed by atoms with Gasteiger partial charge in [0.1, 0.15) is 5.52 Å². The van der Waals surface area contributed by atoms with Gasteiger partial charge in [0, 0.05) is 24.7 Å². The second kappa shape index (κ2) is 6.26. The lowest BCUT2D eigenvalue weighted by Gasteiger charge is -2.16. The summed E-state index contributed by atoms with van der Waals surface area (Å²) in [7, 11) is -2.01. The monoisotopic (exact) mass is 345 g/mol. The van der Waals surface area contributed by atoms with Crippen molar-refractivity contribution in [1.82, 2.24) is 9.71 Å². The van der Waals surface area contributed by atoms with Gasteiger partial charge in [0.15, 0.2) is 11.5 Å². The molecule has 0 fully saturated rings. The van der Waals surface area contributed by atoms with Gasteiger partial charge in [-0.2, -0.15) is 0 Å². The molecule has 3 aromatic rings. The van der Waals surface area contributed by atoms with Crippen LogP contribution in [0, 0.1) is 6.92 Å². The van der Waals surface area contributed by atoms with Crippen molar-refractivity contribution < 1.29 is 12.8 Å². The van der Waals surface area contributed by atoms with Crippen LogP contribution in [0.1, 0.15) is 24.4 Å². The van der Waals surface area contributed by atoms with E-state index in [1.807, 2.05) is 32.0 Å². The van der Waals surface area contributed by atoms with Crippen molar-refractivity contribution >= 4 is 26.8 Å². The van der Waals surface area contributed by atoms with E-state index in [-0.39, 0.29) is 10.9 Å². The lowest BCUT2D eigenvalue weighted by atomic mass is 10.1. The fourth-order valence-corrected chi connectivity index (χ4v) is 3.25. The first-order valence-corrected chi connectivity index (χ1v) is 9.04. The number of nitrogens with zero attached hydrogens (tertiary/aromatic N) is 1. The third kappa shape index (κ3) is 3.27. The van der Waals surface area contributed by atoms with E-state index in [0.29, 0.717) is 5.89 Å². The van der Waals surface area contributed by atoms with Gasteiger partial charge in [0.05, 0.1) is 4.90 Å². The highest BCUT2D eigenvalue weighted by Crippen LogP contribution is 2.24. The number of aromatic nitrogens is 1. The smallest absolute Gasteiger partial charge is 0.240 e. The average molecular weight is 345 g/mol. The zero-order valence-electron chi connectivity index (χ0n) is 13.7. The number of rotatable bonds is 5. The molecular weight excluding hydrogens is 326 g/mol. The van der Waals surface area contributed by atoms with E-state index in [0.717, 1.165) is 22.4 Å². The molecular formula is C17H19N3O3S. The molecule has 2 N–H and O–H groups in total. The quantitative estimate of drug-likeness (QED) is 0.742. The van der Waals surface area contributed by atoms with E-state index in [9.17, 15) is 8.42 Å². The predicted octanol–water partition coefficient (Wildman–Crippen LogP) is 3.22. The predicted molar refractivity (Wildman–Crippen MR) is 93.5 cm³/mol. The van der Waals surface area contributed by atoms with E-state index in [4.69, 9.17) is 4.42 Å². The highest BCUT2D eigenvalue weighted by Gasteiger charge is 2.12. The topological polar surface area (TPSA) is 84.2 Å². The summed E-state index contributed by atoms with van der Waals surface area (Å²) in [4.78, 5) is 4.52. The van der Waals surface area contributed by atoms with Crippen LogP contribution in [-0.4, -0.2) is 20.4 Å². The largest absolute Gasteiger partial charge is 0.441 e. The van der Waals surface area contributed by atoms with Crippen molar-refractivity contribution in [2.45, 2.75) is 24.8 Å². The van der Waals surface area contributed by atoms with Crippen molar-refractivity contribution in [2.24, 2.45) is 0 Å². The highest BCUT2D eigenvalue weighted by molar-refractivity contribution is 7.89. The molecule has 7 heteroatoms. The first-order valence-electron chi connectivity index (χ1n) is 7.56. The molecule has 0 amide bonds. The summed E-state index contributed by atoms with van der Waals surface area (Å²) in [5.74, 6) is 0.636. The minimum absolute atomic E-state index is 0.0119. The molecule has 0 bridgehead atoms. The van der Waals surface area contributed by atoms with Gasteiger partial charge in [-0.15, -0.1) is 0 Å². The minimum Gasteiger partial charge on any atom is -0.441 e. The molecule has 0 spiro atoms. The fraction of sp³-hybridized carbons (Fsp3) is 0.235. The Hall–Kier alpha value is -2.38. The summed E-state index contributed by atoms with van der Waals surface area (Å²) < 4.78 is 31.4. The maximum Gasteiger partial charge on any atom is 0.240 e. The molecule has 1 heterocycles. The molecule has 0 aliphatic carbocycles. The summed E-state index contributed by atoms with van der Waals surface area (Å²) in [6, 6.07) is 12.6. The van der Waals surface area contributed by atoms with E-state index >= 15 is 0 Å². The fourth-order valence-electron chi connectivity index (χ4n) is 2.52. The normalized spacial score (nSPS) is 13.1. The molecule has 0 saturated carbocycles. The van der Waals surface area contributed by atoms with Gasteiger partial charge in [-0.25, -0.2) is 18.1 Å². The number of nitrogens with one attached hydrogen (secondary N) is 2. The molecule has 1 aromatic heterocycles. The van der Waals surface area contributed by atoms with E-state index < -0.39 is 10.0 Å². The van der Waals surface area contributed by atoms with Crippen molar-refractivity contribution in [1.29, 1.82) is 0 Å². The van der Waals surface area contributed by atoms with E-state index in [2.05, 4.69) is 15.0 Å². The summed E-state index contributed by atoms with van der Waals surface area (Å²) in [6.45, 7) is 3.83. The van der Waals surface area contributed by atoms with Crippen molar-refractivity contribution in [3.05, 3.63) is 53.9 Å². The van der Waals surface area contributed by atoms with Crippen LogP contribution < -0.4 is 10.0 Å². The average Bonchev–Trinajstić information content (AvgIpc) is 2.94. The van der Waals surface area contributed by atoms with Gasteiger partial charge < -0.3 is 9.73 Å². The SMILES string of the molecule is CNS(=O)(=O)c1ccc(C(C)Nc2ccc3nc(C)oc3c2)cc1. The zero-order valence-corrected chi connectivity index (χ0v) is 14.5. The van der Waals surface area contributed by atoms with Crippen molar-refractivity contribution in [2.75, 3.05) is 12.4 Å². The van der Waals surface area contributed by atoms with Crippen LogP contribution in [0.2, 0.25) is 0 Å². The first kappa shape index (κ1) is 16.5. The van der Waals surface area contributed by atoms with Gasteiger partial charge in [0.25, 0.3) is 0 Å². The minimum atomic E-state index is -3.41. The van der Waals surface area contributed by atoms with Gasteiger partial charge in [-0.05, 0) is 43.8 Å². The van der Waals surface area contributed by atoms with Crippen LogP contribution in [0.15, 0.2) is 51.8 Å². The van der Waals surface area contributed by atoms with Crippen LogP contribution in [-0.2, 0) is 10.0 Å². The van der Waals surface area contributed by atoms with Crippen molar-refractivity contribution in [3.63, 3.8) is 0 Å². The zero-order chi connectivity index (χ0) is 17.3. The molecule has 0 saturated heterocycles. The molecule has 3 rings (SSSR count). The Labute approximate surface area is 141 Å². The first-order chi connectivity index (χ1) is 11.4. The van der Waals surface area contributed by atoms with E-state index in [1.165, 1.54) is 7.05 Å². The Bertz CT molecular complexity index is 962. The van der Waals surface area contributed by atoms with Gasteiger partial charge in [-0.3, -0.25) is 0 Å². The number of sulfonamides is 1. The van der Waals surface area contributed by atoms with Gasteiger partial charge in [0.2, 0.25) is 10.0 Å². The van der Waals surface area contributed by atoms with Crippen LogP contribution in [0.25, 0.3) is 11.1 Å². The number of fused-ring (bicyclic) bond motifs is 1. The number of oxazole rings is 1. The molecule has 1 unspecified atom stereocenters.